The Morgan fingerprint density at radius 3 is 2.56 bits per heavy atom. The van der Waals surface area contributed by atoms with Crippen LogP contribution in [0.4, 0.5) is 0 Å². The number of nitrogens with one attached hydrogen (secondary N) is 2. The summed E-state index contributed by atoms with van der Waals surface area (Å²) in [6.45, 7) is 4.03. The molecule has 0 unspecified atom stereocenters. The fraction of sp³-hybridized carbons (Fsp3) is 0.385. The van der Waals surface area contributed by atoms with Crippen molar-refractivity contribution in [2.45, 2.75) is 32.9 Å². The van der Waals surface area contributed by atoms with Gasteiger partial charge in [0.1, 0.15) is 0 Å². The fourth-order valence-electron chi connectivity index (χ4n) is 1.29. The average Bonchev–Trinajstić information content (AvgIpc) is 2.37. The Labute approximate surface area is 112 Å². The summed E-state index contributed by atoms with van der Waals surface area (Å²) in [5.74, 6) is -1.26. The van der Waals surface area contributed by atoms with Crippen molar-refractivity contribution in [1.29, 1.82) is 0 Å². The van der Waals surface area contributed by atoms with Crippen LogP contribution < -0.4 is 10.6 Å². The molecule has 18 heavy (non-hydrogen) atoms. The summed E-state index contributed by atoms with van der Waals surface area (Å²) in [7, 11) is 0. The van der Waals surface area contributed by atoms with Gasteiger partial charge in [0.05, 0.1) is 0 Å². The molecule has 5 heteroatoms. The Hall–Kier alpha value is -1.55. The molecule has 4 nitrogen and oxygen atoms in total. The first-order chi connectivity index (χ1) is 8.54. The van der Waals surface area contributed by atoms with E-state index in [1.54, 1.807) is 12.1 Å². The van der Waals surface area contributed by atoms with Crippen LogP contribution in [0.2, 0.25) is 5.02 Å². The largest absolute Gasteiger partial charge is 0.345 e. The van der Waals surface area contributed by atoms with E-state index in [1.807, 2.05) is 26.0 Å². The Morgan fingerprint density at radius 2 is 1.94 bits per heavy atom. The van der Waals surface area contributed by atoms with Crippen molar-refractivity contribution >= 4 is 23.4 Å². The number of amides is 2. The minimum atomic E-state index is -0.643. The molecule has 0 aliphatic heterocycles. The monoisotopic (exact) mass is 268 g/mol. The number of hydrogen-bond donors (Lipinski definition) is 2. The number of carbonyl (C=O) groups is 2. The molecule has 0 fully saturated rings. The summed E-state index contributed by atoms with van der Waals surface area (Å²) in [6, 6.07) is 7.16. The molecule has 0 saturated carbocycles. The Kier molecular flexibility index (Phi) is 5.65. The van der Waals surface area contributed by atoms with Crippen molar-refractivity contribution in [2.75, 3.05) is 0 Å². The fourth-order valence-corrected chi connectivity index (χ4v) is 1.49. The second kappa shape index (κ2) is 7.01. The molecular weight excluding hydrogens is 252 g/mol. The van der Waals surface area contributed by atoms with Crippen LogP contribution in [-0.4, -0.2) is 17.9 Å². The number of halogens is 1. The van der Waals surface area contributed by atoms with E-state index in [9.17, 15) is 9.59 Å². The van der Waals surface area contributed by atoms with E-state index in [-0.39, 0.29) is 12.6 Å². The van der Waals surface area contributed by atoms with Crippen LogP contribution in [0.3, 0.4) is 0 Å². The molecule has 1 atom stereocenters. The maximum atomic E-state index is 11.5. The number of carbonyl (C=O) groups excluding carboxylic acids is 2. The van der Waals surface area contributed by atoms with Gasteiger partial charge in [0.2, 0.25) is 0 Å². The van der Waals surface area contributed by atoms with Crippen LogP contribution in [0.25, 0.3) is 0 Å². The highest BCUT2D eigenvalue weighted by molar-refractivity contribution is 6.35. The molecule has 1 aromatic rings. The van der Waals surface area contributed by atoms with Crippen LogP contribution in [0.15, 0.2) is 24.3 Å². The van der Waals surface area contributed by atoms with E-state index in [4.69, 9.17) is 11.6 Å². The molecule has 2 amide bonds. The topological polar surface area (TPSA) is 58.2 Å². The van der Waals surface area contributed by atoms with Crippen molar-refractivity contribution in [3.05, 3.63) is 34.9 Å². The smallest absolute Gasteiger partial charge is 0.309 e. The van der Waals surface area contributed by atoms with Crippen LogP contribution >= 0.6 is 11.6 Å². The van der Waals surface area contributed by atoms with Crippen molar-refractivity contribution in [1.82, 2.24) is 10.6 Å². The molecule has 2 N–H and O–H groups in total. The third-order valence-corrected chi connectivity index (χ3v) is 2.96. The lowest BCUT2D eigenvalue weighted by Gasteiger charge is -2.11. The van der Waals surface area contributed by atoms with Crippen LogP contribution in [0, 0.1) is 0 Å². The maximum Gasteiger partial charge on any atom is 0.309 e. The lowest BCUT2D eigenvalue weighted by atomic mass is 10.2. The highest BCUT2D eigenvalue weighted by Crippen LogP contribution is 2.14. The van der Waals surface area contributed by atoms with Crippen molar-refractivity contribution in [2.24, 2.45) is 0 Å². The zero-order chi connectivity index (χ0) is 13.5. The van der Waals surface area contributed by atoms with Gasteiger partial charge >= 0.3 is 11.8 Å². The van der Waals surface area contributed by atoms with Gasteiger partial charge in [0.25, 0.3) is 0 Å². The first kappa shape index (κ1) is 14.5. The van der Waals surface area contributed by atoms with Gasteiger partial charge in [-0.1, -0.05) is 36.7 Å². The van der Waals surface area contributed by atoms with Gasteiger partial charge in [-0.3, -0.25) is 9.59 Å². The summed E-state index contributed by atoms with van der Waals surface area (Å²) in [4.78, 5) is 23.0. The van der Waals surface area contributed by atoms with Gasteiger partial charge in [-0.2, -0.15) is 0 Å². The lowest BCUT2D eigenvalue weighted by molar-refractivity contribution is -0.139. The summed E-state index contributed by atoms with van der Waals surface area (Å²) >= 11 is 5.94. The van der Waals surface area contributed by atoms with Crippen LogP contribution in [-0.2, 0) is 16.1 Å². The Bertz CT molecular complexity index is 435. The van der Waals surface area contributed by atoms with E-state index in [2.05, 4.69) is 10.6 Å². The molecule has 0 spiro atoms. The Balaban J connectivity index is 2.46. The molecule has 0 bridgehead atoms. The second-order valence-corrected chi connectivity index (χ2v) is 4.46. The maximum absolute atomic E-state index is 11.5. The first-order valence-electron chi connectivity index (χ1n) is 5.86. The number of rotatable bonds is 4. The average molecular weight is 269 g/mol. The van der Waals surface area contributed by atoms with Crippen LogP contribution in [0.1, 0.15) is 25.8 Å². The molecule has 1 aromatic carbocycles. The van der Waals surface area contributed by atoms with Gasteiger partial charge in [0, 0.05) is 17.6 Å². The molecule has 0 aromatic heterocycles. The predicted molar refractivity (Wildman–Crippen MR) is 71.2 cm³/mol. The standard InChI is InChI=1S/C13H17ClN2O2/c1-3-9(2)16-13(18)12(17)15-8-10-6-4-5-7-11(10)14/h4-7,9H,3,8H2,1-2H3,(H,15,17)(H,16,18)/t9-/m0/s1. The quantitative estimate of drug-likeness (QED) is 0.819. The third kappa shape index (κ3) is 4.37. The van der Waals surface area contributed by atoms with Gasteiger partial charge in [-0.05, 0) is 25.0 Å². The van der Waals surface area contributed by atoms with Gasteiger partial charge in [-0.25, -0.2) is 0 Å². The molecule has 0 heterocycles. The highest BCUT2D eigenvalue weighted by atomic mass is 35.5. The van der Waals surface area contributed by atoms with Gasteiger partial charge in [0.15, 0.2) is 0 Å². The van der Waals surface area contributed by atoms with E-state index in [1.165, 1.54) is 0 Å². The van der Waals surface area contributed by atoms with Crippen molar-refractivity contribution in [3.8, 4) is 0 Å². The van der Waals surface area contributed by atoms with Gasteiger partial charge < -0.3 is 10.6 Å². The SMILES string of the molecule is CC[C@H](C)NC(=O)C(=O)NCc1ccccc1Cl. The molecule has 0 aliphatic rings. The minimum Gasteiger partial charge on any atom is -0.345 e. The predicted octanol–water partition coefficient (Wildman–Crippen LogP) is 1.87. The third-order valence-electron chi connectivity index (χ3n) is 2.59. The second-order valence-electron chi connectivity index (χ2n) is 4.06. The zero-order valence-corrected chi connectivity index (χ0v) is 11.3. The van der Waals surface area contributed by atoms with E-state index in [0.29, 0.717) is 5.02 Å². The zero-order valence-electron chi connectivity index (χ0n) is 10.5. The summed E-state index contributed by atoms with van der Waals surface area (Å²) in [6.07, 6.45) is 0.781. The molecular formula is C13H17ClN2O2. The minimum absolute atomic E-state index is 0.0106. The Morgan fingerprint density at radius 1 is 1.28 bits per heavy atom. The lowest BCUT2D eigenvalue weighted by Crippen LogP contribution is -2.43. The van der Waals surface area contributed by atoms with Crippen molar-refractivity contribution in [3.63, 3.8) is 0 Å². The summed E-state index contributed by atoms with van der Waals surface area (Å²) in [5, 5.41) is 5.70. The molecule has 0 aliphatic carbocycles. The molecule has 0 radical (unpaired) electrons. The van der Waals surface area contributed by atoms with Crippen LogP contribution in [0.5, 0.6) is 0 Å². The molecule has 0 saturated heterocycles. The molecule has 98 valence electrons. The normalized spacial score (nSPS) is 11.7. The summed E-state index contributed by atoms with van der Waals surface area (Å²) in [5.41, 5.74) is 0.781. The van der Waals surface area contributed by atoms with Crippen molar-refractivity contribution < 1.29 is 9.59 Å². The summed E-state index contributed by atoms with van der Waals surface area (Å²) < 4.78 is 0. The number of benzene rings is 1. The van der Waals surface area contributed by atoms with E-state index in [0.717, 1.165) is 12.0 Å². The van der Waals surface area contributed by atoms with E-state index >= 15 is 0 Å². The highest BCUT2D eigenvalue weighted by Gasteiger charge is 2.14. The van der Waals surface area contributed by atoms with E-state index < -0.39 is 11.8 Å². The molecule has 1 rings (SSSR count). The first-order valence-corrected chi connectivity index (χ1v) is 6.24. The van der Waals surface area contributed by atoms with Gasteiger partial charge in [-0.15, -0.1) is 0 Å². The number of hydrogen-bond acceptors (Lipinski definition) is 2.